The number of nitrogens with one attached hydrogen (secondary N) is 1. The molecule has 0 unspecified atom stereocenters. The topological polar surface area (TPSA) is 56.3 Å². The second-order valence-corrected chi connectivity index (χ2v) is 5.56. The van der Waals surface area contributed by atoms with Crippen molar-refractivity contribution < 1.29 is 9.90 Å². The molecule has 2 N–H and O–H groups in total. The summed E-state index contributed by atoms with van der Waals surface area (Å²) in [6.45, 7) is 1.10. The number of phenols is 1. The largest absolute Gasteiger partial charge is 0.508 e. The smallest absolute Gasteiger partial charge is 0.270 e. The predicted octanol–water partition coefficient (Wildman–Crippen LogP) is 3.23. The fourth-order valence-corrected chi connectivity index (χ4v) is 2.72. The Bertz CT molecular complexity index is 662. The first-order valence-corrected chi connectivity index (χ1v) is 6.94. The number of phenolic OH excluding ortho intramolecular Hbond substituents is 1. The Balaban J connectivity index is 1.84. The summed E-state index contributed by atoms with van der Waals surface area (Å²) in [5.74, 6) is 0.0665. The molecule has 3 rings (SSSR count). The Labute approximate surface area is 125 Å². The van der Waals surface area contributed by atoms with E-state index in [9.17, 15) is 9.90 Å². The minimum atomic E-state index is -0.146. The Morgan fingerprint density at radius 2 is 2.05 bits per heavy atom. The number of H-pyrrole nitrogens is 1. The molecule has 0 bridgehead atoms. The second-order valence-electron chi connectivity index (χ2n) is 4.77. The maximum Gasteiger partial charge on any atom is 0.270 e. The van der Waals surface area contributed by atoms with Crippen LogP contribution < -0.4 is 0 Å². The van der Waals surface area contributed by atoms with E-state index in [1.54, 1.807) is 17.0 Å². The molecule has 0 spiro atoms. The number of rotatable bonds is 1. The molecule has 1 aliphatic rings. The number of aromatic amines is 1. The number of carbonyl (C=O) groups excluding carboxylic acids is 1. The number of hydrogen-bond acceptors (Lipinski definition) is 2. The number of aromatic nitrogens is 1. The molecular formula is C14H12Cl2N2O2. The summed E-state index contributed by atoms with van der Waals surface area (Å²) >= 11 is 11.7. The van der Waals surface area contributed by atoms with Gasteiger partial charge in [-0.15, -0.1) is 0 Å². The van der Waals surface area contributed by atoms with Gasteiger partial charge in [-0.2, -0.15) is 0 Å². The van der Waals surface area contributed by atoms with E-state index in [0.717, 1.165) is 17.5 Å². The van der Waals surface area contributed by atoms with Crippen LogP contribution in [-0.4, -0.2) is 27.4 Å². The van der Waals surface area contributed by atoms with Gasteiger partial charge in [0.1, 0.15) is 16.6 Å². The zero-order chi connectivity index (χ0) is 14.3. The normalized spacial score (nSPS) is 14.2. The van der Waals surface area contributed by atoms with Gasteiger partial charge < -0.3 is 15.0 Å². The lowest BCUT2D eigenvalue weighted by Crippen LogP contribution is -2.36. The Kier molecular flexibility index (Phi) is 3.36. The summed E-state index contributed by atoms with van der Waals surface area (Å²) in [4.78, 5) is 16.9. The Hall–Kier alpha value is -1.65. The summed E-state index contributed by atoms with van der Waals surface area (Å²) in [5.41, 5.74) is 2.51. The maximum atomic E-state index is 12.4. The molecule has 1 amide bonds. The summed E-state index contributed by atoms with van der Waals surface area (Å²) in [5, 5.41) is 10.1. The highest BCUT2D eigenvalue weighted by atomic mass is 35.5. The van der Waals surface area contributed by atoms with E-state index in [4.69, 9.17) is 23.2 Å². The minimum Gasteiger partial charge on any atom is -0.508 e. The molecule has 0 aliphatic carbocycles. The van der Waals surface area contributed by atoms with Crippen molar-refractivity contribution in [3.63, 3.8) is 0 Å². The highest BCUT2D eigenvalue weighted by Gasteiger charge is 2.23. The standard InChI is InChI=1S/C14H12Cl2N2O2/c15-11-6-12(17-13(11)16)14(20)18-4-3-8-1-2-10(19)5-9(8)7-18/h1-2,5-6,17,19H,3-4,7H2. The van der Waals surface area contributed by atoms with Crippen LogP contribution in [0.1, 0.15) is 21.6 Å². The third-order valence-corrected chi connectivity index (χ3v) is 4.14. The fraction of sp³-hybridized carbons (Fsp3) is 0.214. The van der Waals surface area contributed by atoms with Crippen LogP contribution in [-0.2, 0) is 13.0 Å². The van der Waals surface area contributed by atoms with Crippen LogP contribution in [0.25, 0.3) is 0 Å². The number of hydrogen-bond donors (Lipinski definition) is 2. The van der Waals surface area contributed by atoms with E-state index < -0.39 is 0 Å². The highest BCUT2D eigenvalue weighted by molar-refractivity contribution is 6.41. The van der Waals surface area contributed by atoms with Crippen LogP contribution in [0.4, 0.5) is 0 Å². The van der Waals surface area contributed by atoms with Crippen molar-refractivity contribution in [1.82, 2.24) is 9.88 Å². The first-order valence-electron chi connectivity index (χ1n) is 6.18. The molecule has 1 aromatic heterocycles. The van der Waals surface area contributed by atoms with Gasteiger partial charge in [0.2, 0.25) is 0 Å². The van der Waals surface area contributed by atoms with Gasteiger partial charge >= 0.3 is 0 Å². The number of benzene rings is 1. The van der Waals surface area contributed by atoms with Gasteiger partial charge in [-0.1, -0.05) is 29.3 Å². The number of carbonyl (C=O) groups is 1. The molecule has 2 aromatic rings. The molecule has 1 aromatic carbocycles. The van der Waals surface area contributed by atoms with Gasteiger partial charge in [0.15, 0.2) is 0 Å². The van der Waals surface area contributed by atoms with E-state index in [-0.39, 0.29) is 16.8 Å². The summed E-state index contributed by atoms with van der Waals surface area (Å²) in [6, 6.07) is 6.79. The molecule has 0 saturated heterocycles. The second kappa shape index (κ2) is 5.04. The molecule has 6 heteroatoms. The van der Waals surface area contributed by atoms with Crippen molar-refractivity contribution in [1.29, 1.82) is 0 Å². The van der Waals surface area contributed by atoms with Crippen molar-refractivity contribution in [2.24, 2.45) is 0 Å². The zero-order valence-electron chi connectivity index (χ0n) is 10.5. The van der Waals surface area contributed by atoms with Crippen molar-refractivity contribution in [3.8, 4) is 5.75 Å². The van der Waals surface area contributed by atoms with Crippen LogP contribution in [0.15, 0.2) is 24.3 Å². The van der Waals surface area contributed by atoms with E-state index in [0.29, 0.717) is 23.8 Å². The van der Waals surface area contributed by atoms with Gasteiger partial charge in [0.05, 0.1) is 5.02 Å². The minimum absolute atomic E-state index is 0.146. The van der Waals surface area contributed by atoms with Crippen LogP contribution in [0, 0.1) is 0 Å². The van der Waals surface area contributed by atoms with Crippen LogP contribution in [0.5, 0.6) is 5.75 Å². The lowest BCUT2D eigenvalue weighted by molar-refractivity contribution is 0.0729. The third-order valence-electron chi connectivity index (χ3n) is 3.44. The number of fused-ring (bicyclic) bond motifs is 1. The zero-order valence-corrected chi connectivity index (χ0v) is 12.0. The predicted molar refractivity (Wildman–Crippen MR) is 77.4 cm³/mol. The summed E-state index contributed by atoms with van der Waals surface area (Å²) in [7, 11) is 0. The van der Waals surface area contributed by atoms with Crippen molar-refractivity contribution >= 4 is 29.1 Å². The number of aromatic hydroxyl groups is 1. The molecular weight excluding hydrogens is 299 g/mol. The molecule has 0 radical (unpaired) electrons. The molecule has 0 saturated carbocycles. The summed E-state index contributed by atoms with van der Waals surface area (Å²) < 4.78 is 0. The average Bonchev–Trinajstić information content (AvgIpc) is 2.77. The fourth-order valence-electron chi connectivity index (χ4n) is 2.41. The van der Waals surface area contributed by atoms with Crippen molar-refractivity contribution in [2.75, 3.05) is 6.54 Å². The molecule has 4 nitrogen and oxygen atoms in total. The van der Waals surface area contributed by atoms with E-state index >= 15 is 0 Å². The van der Waals surface area contributed by atoms with Crippen molar-refractivity contribution in [3.05, 3.63) is 51.3 Å². The molecule has 2 heterocycles. The first-order chi connectivity index (χ1) is 9.54. The molecule has 0 atom stereocenters. The molecule has 104 valence electrons. The van der Waals surface area contributed by atoms with Gasteiger partial charge in [0.25, 0.3) is 5.91 Å². The summed E-state index contributed by atoms with van der Waals surface area (Å²) in [6.07, 6.45) is 0.767. The number of halogens is 2. The third kappa shape index (κ3) is 2.37. The SMILES string of the molecule is O=C(c1cc(Cl)c(Cl)[nH]1)N1CCc2ccc(O)cc2C1. The van der Waals surface area contributed by atoms with Gasteiger partial charge in [-0.05, 0) is 35.7 Å². The van der Waals surface area contributed by atoms with Crippen LogP contribution >= 0.6 is 23.2 Å². The molecule has 20 heavy (non-hydrogen) atoms. The van der Waals surface area contributed by atoms with Gasteiger partial charge in [-0.3, -0.25) is 4.79 Å². The van der Waals surface area contributed by atoms with Crippen molar-refractivity contribution in [2.45, 2.75) is 13.0 Å². The van der Waals surface area contributed by atoms with E-state index in [1.807, 2.05) is 6.07 Å². The Morgan fingerprint density at radius 3 is 2.75 bits per heavy atom. The van der Waals surface area contributed by atoms with Crippen LogP contribution in [0.3, 0.4) is 0 Å². The Morgan fingerprint density at radius 1 is 1.25 bits per heavy atom. The monoisotopic (exact) mass is 310 g/mol. The highest BCUT2D eigenvalue weighted by Crippen LogP contribution is 2.26. The lowest BCUT2D eigenvalue weighted by Gasteiger charge is -2.28. The van der Waals surface area contributed by atoms with Gasteiger partial charge in [0, 0.05) is 13.1 Å². The van der Waals surface area contributed by atoms with E-state index in [2.05, 4.69) is 4.98 Å². The molecule has 0 fully saturated rings. The molecule has 1 aliphatic heterocycles. The number of amides is 1. The van der Waals surface area contributed by atoms with E-state index in [1.165, 1.54) is 6.07 Å². The maximum absolute atomic E-state index is 12.4. The van der Waals surface area contributed by atoms with Gasteiger partial charge in [-0.25, -0.2) is 0 Å². The quantitative estimate of drug-likeness (QED) is 0.849. The average molecular weight is 311 g/mol. The lowest BCUT2D eigenvalue weighted by atomic mass is 9.99. The first kappa shape index (κ1) is 13.3. The van der Waals surface area contributed by atoms with Crippen LogP contribution in [0.2, 0.25) is 10.2 Å². The number of nitrogens with zero attached hydrogens (tertiary/aromatic N) is 1.